The van der Waals surface area contributed by atoms with Crippen molar-refractivity contribution in [2.45, 2.75) is 35.6 Å². The lowest BCUT2D eigenvalue weighted by molar-refractivity contribution is -0.118. The topological polar surface area (TPSA) is 147 Å². The van der Waals surface area contributed by atoms with Gasteiger partial charge in [-0.25, -0.2) is 26.5 Å². The predicted molar refractivity (Wildman–Crippen MR) is 137 cm³/mol. The Bertz CT molecular complexity index is 1710. The molecule has 1 unspecified atom stereocenters. The monoisotopic (exact) mass is 576 g/mol. The zero-order valence-electron chi connectivity index (χ0n) is 20.0. The van der Waals surface area contributed by atoms with Gasteiger partial charge >= 0.3 is 6.61 Å². The number of H-pyrrole nitrogens is 1. The number of aromatic amines is 1. The summed E-state index contributed by atoms with van der Waals surface area (Å²) in [7, 11) is -8.04. The lowest BCUT2D eigenvalue weighted by Crippen LogP contribution is -2.31. The van der Waals surface area contributed by atoms with Crippen molar-refractivity contribution < 1.29 is 35.1 Å². The van der Waals surface area contributed by atoms with E-state index in [1.165, 1.54) is 18.2 Å². The van der Waals surface area contributed by atoms with Gasteiger partial charge < -0.3 is 9.72 Å². The molecule has 1 saturated heterocycles. The Morgan fingerprint density at radius 3 is 2.46 bits per heavy atom. The van der Waals surface area contributed by atoms with Crippen LogP contribution in [0.5, 0.6) is 5.75 Å². The fraction of sp³-hybridized carbons (Fsp3) is 0.200. The number of ether oxygens (including phenoxy) is 1. The molecule has 2 atom stereocenters. The number of sulfonamides is 2. The first-order chi connectivity index (χ1) is 18.5. The Morgan fingerprint density at radius 2 is 1.79 bits per heavy atom. The number of benzene rings is 3. The number of carbonyl (C=O) groups is 1. The third kappa shape index (κ3) is 5.92. The van der Waals surface area contributed by atoms with Crippen molar-refractivity contribution in [3.05, 3.63) is 89.7 Å². The van der Waals surface area contributed by atoms with E-state index in [-0.39, 0.29) is 23.5 Å². The van der Waals surface area contributed by atoms with Crippen molar-refractivity contribution in [2.24, 2.45) is 0 Å². The van der Waals surface area contributed by atoms with Crippen LogP contribution in [-0.2, 0) is 31.3 Å². The summed E-state index contributed by atoms with van der Waals surface area (Å²) in [5.74, 6) is -0.568. The molecule has 39 heavy (non-hydrogen) atoms. The molecular formula is C25H22F2N4O6S2. The van der Waals surface area contributed by atoms with Gasteiger partial charge in [-0.05, 0) is 41.8 Å². The highest BCUT2D eigenvalue weighted by Gasteiger charge is 2.37. The summed E-state index contributed by atoms with van der Waals surface area (Å²) in [4.78, 5) is 19.0. The number of hydrogen-bond acceptors (Lipinski definition) is 7. The minimum Gasteiger partial charge on any atom is -0.435 e. The Hall–Kier alpha value is -3.88. The van der Waals surface area contributed by atoms with E-state index in [1.807, 2.05) is 4.72 Å². The van der Waals surface area contributed by atoms with Gasteiger partial charge in [0.1, 0.15) is 16.8 Å². The van der Waals surface area contributed by atoms with Gasteiger partial charge in [0.2, 0.25) is 26.0 Å². The molecule has 0 saturated carbocycles. The number of aromatic nitrogens is 2. The number of imidazole rings is 1. The second kappa shape index (κ2) is 10.4. The summed E-state index contributed by atoms with van der Waals surface area (Å²) in [5.41, 5.74) is 2.37. The normalized spacial score (nSPS) is 17.8. The molecule has 2 heterocycles. The van der Waals surface area contributed by atoms with Crippen molar-refractivity contribution in [3.8, 4) is 5.75 Å². The number of fused-ring (bicyclic) bond motifs is 1. The number of nitrogens with zero attached hydrogens (tertiary/aromatic N) is 1. The van der Waals surface area contributed by atoms with Gasteiger partial charge in [0, 0.05) is 6.07 Å². The Morgan fingerprint density at radius 1 is 1.05 bits per heavy atom. The van der Waals surface area contributed by atoms with Gasteiger partial charge in [-0.3, -0.25) is 9.52 Å². The first kappa shape index (κ1) is 26.7. The number of halogens is 2. The Balaban J connectivity index is 1.45. The van der Waals surface area contributed by atoms with Crippen LogP contribution >= 0.6 is 0 Å². The molecule has 4 aromatic rings. The number of nitrogens with one attached hydrogen (secondary N) is 3. The quantitative estimate of drug-likeness (QED) is 0.277. The average Bonchev–Trinajstić information content (AvgIpc) is 3.43. The molecule has 1 amide bonds. The second-order valence-corrected chi connectivity index (χ2v) is 12.5. The van der Waals surface area contributed by atoms with E-state index in [9.17, 15) is 30.4 Å². The second-order valence-electron chi connectivity index (χ2n) is 8.88. The Kier molecular flexibility index (Phi) is 7.09. The van der Waals surface area contributed by atoms with Crippen LogP contribution in [0.15, 0.2) is 77.7 Å². The highest BCUT2D eigenvalue weighted by Crippen LogP contribution is 2.31. The first-order valence-electron chi connectivity index (χ1n) is 11.7. The molecule has 3 aromatic carbocycles. The van der Waals surface area contributed by atoms with Crippen molar-refractivity contribution in [1.29, 1.82) is 0 Å². The van der Waals surface area contributed by atoms with Crippen LogP contribution in [0.2, 0.25) is 0 Å². The number of amides is 1. The van der Waals surface area contributed by atoms with Gasteiger partial charge in [0.05, 0.1) is 28.4 Å². The van der Waals surface area contributed by atoms with Crippen molar-refractivity contribution in [1.82, 2.24) is 19.4 Å². The molecule has 5 rings (SSSR count). The van der Waals surface area contributed by atoms with E-state index < -0.39 is 43.9 Å². The van der Waals surface area contributed by atoms with Crippen molar-refractivity contribution in [2.75, 3.05) is 0 Å². The zero-order chi connectivity index (χ0) is 27.8. The molecule has 1 aliphatic heterocycles. The molecule has 0 spiro atoms. The zero-order valence-corrected chi connectivity index (χ0v) is 21.7. The van der Waals surface area contributed by atoms with Gasteiger partial charge in [0.15, 0.2) is 0 Å². The molecule has 0 radical (unpaired) electrons. The maximum atomic E-state index is 13.3. The van der Waals surface area contributed by atoms with E-state index in [0.29, 0.717) is 28.0 Å². The maximum Gasteiger partial charge on any atom is 0.387 e. The van der Waals surface area contributed by atoms with E-state index >= 15 is 0 Å². The highest BCUT2D eigenvalue weighted by molar-refractivity contribution is 7.90. The predicted octanol–water partition coefficient (Wildman–Crippen LogP) is 3.32. The number of carbonyl (C=O) groups excluding carboxylic acids is 1. The van der Waals surface area contributed by atoms with Crippen LogP contribution in [0.25, 0.3) is 11.0 Å². The summed E-state index contributed by atoms with van der Waals surface area (Å²) in [5, 5.41) is -1.01. The molecule has 1 fully saturated rings. The van der Waals surface area contributed by atoms with Crippen molar-refractivity contribution in [3.63, 3.8) is 0 Å². The standard InChI is InChI=1S/C25H22F2N4O6S2/c26-25(27)37-17-4-3-5-18(13-17)38(33,34)30-21(24-28-19-6-1-2-7-20(19)29-24)12-15-8-10-16(11-9-15)22-14-23(32)31-39(22,35)36/h1-11,13,21-22,25,30H,12,14H2,(H,28,29)(H,31,32)/t21-,22?/m0/s1. The summed E-state index contributed by atoms with van der Waals surface area (Å²) in [6.45, 7) is -3.12. The molecular weight excluding hydrogens is 554 g/mol. The van der Waals surface area contributed by atoms with Gasteiger partial charge in [-0.15, -0.1) is 0 Å². The largest absolute Gasteiger partial charge is 0.435 e. The van der Waals surface area contributed by atoms with Crippen LogP contribution in [-0.4, -0.2) is 39.3 Å². The fourth-order valence-electron chi connectivity index (χ4n) is 4.36. The van der Waals surface area contributed by atoms with Gasteiger partial charge in [0.25, 0.3) is 0 Å². The molecule has 204 valence electrons. The van der Waals surface area contributed by atoms with E-state index in [4.69, 9.17) is 0 Å². The van der Waals surface area contributed by atoms with Crippen LogP contribution in [0.1, 0.15) is 34.7 Å². The van der Waals surface area contributed by atoms with Gasteiger partial charge in [-0.2, -0.15) is 8.78 Å². The number of hydrogen-bond donors (Lipinski definition) is 3. The molecule has 1 aliphatic rings. The van der Waals surface area contributed by atoms with Crippen LogP contribution in [0.3, 0.4) is 0 Å². The summed E-state index contributed by atoms with van der Waals surface area (Å²) >= 11 is 0. The number of para-hydroxylation sites is 2. The highest BCUT2D eigenvalue weighted by atomic mass is 32.2. The van der Waals surface area contributed by atoms with Crippen molar-refractivity contribution >= 4 is 37.0 Å². The summed E-state index contributed by atoms with van der Waals surface area (Å²) in [6.07, 6.45) is -0.0709. The van der Waals surface area contributed by atoms with Crippen LogP contribution < -0.4 is 14.2 Å². The lowest BCUT2D eigenvalue weighted by Gasteiger charge is -2.18. The van der Waals surface area contributed by atoms with E-state index in [2.05, 4.69) is 19.4 Å². The molecule has 1 aromatic heterocycles. The third-order valence-corrected chi connectivity index (χ3v) is 9.34. The maximum absolute atomic E-state index is 13.3. The molecule has 10 nitrogen and oxygen atoms in total. The molecule has 0 aliphatic carbocycles. The first-order valence-corrected chi connectivity index (χ1v) is 14.7. The molecule has 14 heteroatoms. The Labute approximate surface area is 222 Å². The molecule has 3 N–H and O–H groups in total. The van der Waals surface area contributed by atoms with Crippen LogP contribution in [0, 0.1) is 0 Å². The average molecular weight is 577 g/mol. The van der Waals surface area contributed by atoms with E-state index in [0.717, 1.165) is 6.07 Å². The fourth-order valence-corrected chi connectivity index (χ4v) is 7.02. The van der Waals surface area contributed by atoms with E-state index in [1.54, 1.807) is 48.5 Å². The summed E-state index contributed by atoms with van der Waals surface area (Å²) in [6, 6.07) is 17.4. The third-order valence-electron chi connectivity index (χ3n) is 6.17. The minimum absolute atomic E-state index is 0.112. The minimum atomic E-state index is -4.23. The number of alkyl halides is 2. The smallest absolute Gasteiger partial charge is 0.387 e. The lowest BCUT2D eigenvalue weighted by atomic mass is 10.0. The molecule has 0 bridgehead atoms. The number of rotatable bonds is 9. The van der Waals surface area contributed by atoms with Gasteiger partial charge in [-0.1, -0.05) is 42.5 Å². The SMILES string of the molecule is O=C1CC(c2ccc(C[C@H](NS(=O)(=O)c3cccc(OC(F)F)c3)c3nc4ccccc4[nH]3)cc2)S(=O)(=O)N1. The summed E-state index contributed by atoms with van der Waals surface area (Å²) < 4.78 is 85.2. The van der Waals surface area contributed by atoms with Crippen LogP contribution in [0.4, 0.5) is 8.78 Å².